The number of rotatable bonds is 6. The van der Waals surface area contributed by atoms with Gasteiger partial charge in [0.1, 0.15) is 0 Å². The lowest BCUT2D eigenvalue weighted by Crippen LogP contribution is -2.30. The Morgan fingerprint density at radius 3 is 2.74 bits per heavy atom. The van der Waals surface area contributed by atoms with Crippen LogP contribution in [-0.4, -0.2) is 27.3 Å². The molecular weight excluding hydrogens is 238 g/mol. The molecule has 0 fully saturated rings. The summed E-state index contributed by atoms with van der Waals surface area (Å²) in [5.41, 5.74) is 2.17. The van der Waals surface area contributed by atoms with Gasteiger partial charge in [0.15, 0.2) is 0 Å². The lowest BCUT2D eigenvalue weighted by Gasteiger charge is -2.21. The number of aromatic amines is 1. The Kier molecular flexibility index (Phi) is 4.72. The first-order chi connectivity index (χ1) is 9.29. The summed E-state index contributed by atoms with van der Waals surface area (Å²) in [6, 6.07) is 10.1. The molecule has 0 radical (unpaired) electrons. The minimum absolute atomic E-state index is 0.181. The standard InChI is InChI=1S/C15H19N3O/c1-2-18(11-13-6-4-3-5-7-13)15(19)9-8-14-10-16-12-17-14/h3-7,10,12H,2,8-9,11H2,1H3,(H,16,17). The summed E-state index contributed by atoms with van der Waals surface area (Å²) in [6.45, 7) is 3.42. The fourth-order valence-corrected chi connectivity index (χ4v) is 2.00. The van der Waals surface area contributed by atoms with Gasteiger partial charge in [0.2, 0.25) is 5.91 Å². The van der Waals surface area contributed by atoms with Crippen molar-refractivity contribution in [3.8, 4) is 0 Å². The fraction of sp³-hybridized carbons (Fsp3) is 0.333. The summed E-state index contributed by atoms with van der Waals surface area (Å²) in [6.07, 6.45) is 4.63. The molecule has 0 atom stereocenters. The van der Waals surface area contributed by atoms with Crippen LogP contribution in [-0.2, 0) is 17.8 Å². The molecule has 100 valence electrons. The van der Waals surface area contributed by atoms with E-state index in [1.165, 1.54) is 5.56 Å². The second-order valence-electron chi connectivity index (χ2n) is 4.47. The van der Waals surface area contributed by atoms with E-state index < -0.39 is 0 Å². The van der Waals surface area contributed by atoms with Gasteiger partial charge in [-0.15, -0.1) is 0 Å². The van der Waals surface area contributed by atoms with Gasteiger partial charge in [0.05, 0.1) is 6.33 Å². The number of aryl methyl sites for hydroxylation is 1. The first kappa shape index (κ1) is 13.3. The van der Waals surface area contributed by atoms with Gasteiger partial charge in [-0.1, -0.05) is 30.3 Å². The van der Waals surface area contributed by atoms with Gasteiger partial charge in [-0.3, -0.25) is 4.79 Å². The summed E-state index contributed by atoms with van der Waals surface area (Å²) in [7, 11) is 0. The van der Waals surface area contributed by atoms with E-state index in [2.05, 4.69) is 9.97 Å². The van der Waals surface area contributed by atoms with Crippen LogP contribution in [0.3, 0.4) is 0 Å². The highest BCUT2D eigenvalue weighted by atomic mass is 16.2. The molecule has 2 rings (SSSR count). The Bertz CT molecular complexity index is 493. The van der Waals surface area contributed by atoms with E-state index in [0.717, 1.165) is 12.2 Å². The van der Waals surface area contributed by atoms with E-state index >= 15 is 0 Å². The number of imidazole rings is 1. The van der Waals surface area contributed by atoms with Crippen molar-refractivity contribution in [2.24, 2.45) is 0 Å². The molecule has 19 heavy (non-hydrogen) atoms. The highest BCUT2D eigenvalue weighted by Crippen LogP contribution is 2.07. The van der Waals surface area contributed by atoms with E-state index in [0.29, 0.717) is 19.4 Å². The molecule has 4 heteroatoms. The Hall–Kier alpha value is -2.10. The van der Waals surface area contributed by atoms with Crippen molar-refractivity contribution in [1.82, 2.24) is 14.9 Å². The number of nitrogens with zero attached hydrogens (tertiary/aromatic N) is 2. The molecule has 0 saturated heterocycles. The minimum atomic E-state index is 0.181. The Balaban J connectivity index is 1.88. The average molecular weight is 257 g/mol. The van der Waals surface area contributed by atoms with Gasteiger partial charge in [0, 0.05) is 31.4 Å². The maximum atomic E-state index is 12.2. The van der Waals surface area contributed by atoms with Gasteiger partial charge in [-0.25, -0.2) is 4.98 Å². The predicted octanol–water partition coefficient (Wildman–Crippen LogP) is 2.39. The first-order valence-electron chi connectivity index (χ1n) is 6.58. The van der Waals surface area contributed by atoms with Gasteiger partial charge in [0.25, 0.3) is 0 Å². The topological polar surface area (TPSA) is 49.0 Å². The SMILES string of the molecule is CCN(Cc1ccccc1)C(=O)CCc1cnc[nH]1. The molecule has 0 unspecified atom stereocenters. The van der Waals surface area contributed by atoms with Gasteiger partial charge in [-0.05, 0) is 18.9 Å². The van der Waals surface area contributed by atoms with Crippen LogP contribution in [0, 0.1) is 0 Å². The lowest BCUT2D eigenvalue weighted by atomic mass is 10.2. The van der Waals surface area contributed by atoms with Crippen molar-refractivity contribution in [2.75, 3.05) is 6.54 Å². The summed E-state index contributed by atoms with van der Waals surface area (Å²) >= 11 is 0. The molecule has 4 nitrogen and oxygen atoms in total. The molecule has 1 aromatic carbocycles. The van der Waals surface area contributed by atoms with Crippen LogP contribution in [0.1, 0.15) is 24.6 Å². The lowest BCUT2D eigenvalue weighted by molar-refractivity contribution is -0.131. The molecule has 0 saturated carbocycles. The van der Waals surface area contributed by atoms with Crippen molar-refractivity contribution in [3.05, 3.63) is 54.1 Å². The zero-order chi connectivity index (χ0) is 13.5. The van der Waals surface area contributed by atoms with Crippen molar-refractivity contribution in [3.63, 3.8) is 0 Å². The normalized spacial score (nSPS) is 10.4. The van der Waals surface area contributed by atoms with E-state index in [1.54, 1.807) is 12.5 Å². The predicted molar refractivity (Wildman–Crippen MR) is 74.4 cm³/mol. The number of H-pyrrole nitrogens is 1. The second kappa shape index (κ2) is 6.73. The van der Waals surface area contributed by atoms with Crippen molar-refractivity contribution < 1.29 is 4.79 Å². The van der Waals surface area contributed by atoms with Crippen LogP contribution in [0.2, 0.25) is 0 Å². The van der Waals surface area contributed by atoms with Crippen LogP contribution in [0.4, 0.5) is 0 Å². The zero-order valence-corrected chi connectivity index (χ0v) is 11.2. The number of benzene rings is 1. The highest BCUT2D eigenvalue weighted by Gasteiger charge is 2.12. The molecule has 1 heterocycles. The van der Waals surface area contributed by atoms with Crippen LogP contribution < -0.4 is 0 Å². The summed E-state index contributed by atoms with van der Waals surface area (Å²) in [5, 5.41) is 0. The highest BCUT2D eigenvalue weighted by molar-refractivity contribution is 5.76. The van der Waals surface area contributed by atoms with Crippen LogP contribution >= 0.6 is 0 Å². The molecule has 0 spiro atoms. The van der Waals surface area contributed by atoms with Crippen LogP contribution in [0.5, 0.6) is 0 Å². The quantitative estimate of drug-likeness (QED) is 0.863. The Morgan fingerprint density at radius 2 is 2.11 bits per heavy atom. The molecule has 2 aromatic rings. The number of hydrogen-bond acceptors (Lipinski definition) is 2. The number of nitrogens with one attached hydrogen (secondary N) is 1. The molecule has 0 bridgehead atoms. The van der Waals surface area contributed by atoms with Gasteiger partial charge < -0.3 is 9.88 Å². The van der Waals surface area contributed by atoms with E-state index in [-0.39, 0.29) is 5.91 Å². The molecule has 1 N–H and O–H groups in total. The maximum absolute atomic E-state index is 12.2. The average Bonchev–Trinajstić information content (AvgIpc) is 2.96. The molecule has 0 aliphatic carbocycles. The number of amides is 1. The third-order valence-electron chi connectivity index (χ3n) is 3.11. The van der Waals surface area contributed by atoms with E-state index in [9.17, 15) is 4.79 Å². The molecule has 1 aromatic heterocycles. The first-order valence-corrected chi connectivity index (χ1v) is 6.58. The van der Waals surface area contributed by atoms with E-state index in [4.69, 9.17) is 0 Å². The van der Waals surface area contributed by atoms with E-state index in [1.807, 2.05) is 42.2 Å². The molecule has 0 aliphatic heterocycles. The number of hydrogen-bond donors (Lipinski definition) is 1. The smallest absolute Gasteiger partial charge is 0.223 e. The van der Waals surface area contributed by atoms with Crippen molar-refractivity contribution >= 4 is 5.91 Å². The van der Waals surface area contributed by atoms with Crippen LogP contribution in [0.25, 0.3) is 0 Å². The molecular formula is C15H19N3O. The number of carbonyl (C=O) groups is 1. The van der Waals surface area contributed by atoms with Crippen LogP contribution in [0.15, 0.2) is 42.9 Å². The summed E-state index contributed by atoms with van der Waals surface area (Å²) in [5.74, 6) is 0.181. The minimum Gasteiger partial charge on any atom is -0.348 e. The van der Waals surface area contributed by atoms with Crippen molar-refractivity contribution in [2.45, 2.75) is 26.3 Å². The maximum Gasteiger partial charge on any atom is 0.223 e. The molecule has 0 aliphatic rings. The second-order valence-corrected chi connectivity index (χ2v) is 4.47. The zero-order valence-electron chi connectivity index (χ0n) is 11.2. The van der Waals surface area contributed by atoms with Gasteiger partial charge in [-0.2, -0.15) is 0 Å². The molecule has 1 amide bonds. The van der Waals surface area contributed by atoms with Crippen molar-refractivity contribution in [1.29, 1.82) is 0 Å². The number of carbonyl (C=O) groups excluding carboxylic acids is 1. The number of aromatic nitrogens is 2. The summed E-state index contributed by atoms with van der Waals surface area (Å²) < 4.78 is 0. The Labute approximate surface area is 113 Å². The third-order valence-corrected chi connectivity index (χ3v) is 3.11. The monoisotopic (exact) mass is 257 g/mol. The third kappa shape index (κ3) is 3.95. The fourth-order valence-electron chi connectivity index (χ4n) is 2.00. The largest absolute Gasteiger partial charge is 0.348 e. The summed E-state index contributed by atoms with van der Waals surface area (Å²) in [4.78, 5) is 21.0. The Morgan fingerprint density at radius 1 is 1.32 bits per heavy atom. The van der Waals surface area contributed by atoms with Gasteiger partial charge >= 0.3 is 0 Å².